The van der Waals surface area contributed by atoms with Crippen LogP contribution in [0, 0.1) is 0 Å². The van der Waals surface area contributed by atoms with Crippen molar-refractivity contribution in [3.05, 3.63) is 29.8 Å². The second-order valence-corrected chi connectivity index (χ2v) is 6.60. The molecule has 0 radical (unpaired) electrons. The van der Waals surface area contributed by atoms with Crippen molar-refractivity contribution < 1.29 is 9.53 Å². The SMILES string of the molecule is CC(C)Oc1ccc(CN(C=O)C2CCN(C)C(C)C2)cc1. The minimum Gasteiger partial charge on any atom is -0.491 e. The number of ether oxygens (including phenoxy) is 1. The number of carbonyl (C=O) groups is 1. The Balaban J connectivity index is 1.96. The standard InChI is InChI=1S/C18H28N2O2/c1-14(2)22-18-7-5-16(6-8-18)12-20(13-21)17-9-10-19(4)15(3)11-17/h5-8,13-15,17H,9-12H2,1-4H3. The van der Waals surface area contributed by atoms with Gasteiger partial charge in [-0.1, -0.05) is 12.1 Å². The van der Waals surface area contributed by atoms with E-state index in [0.29, 0.717) is 18.6 Å². The van der Waals surface area contributed by atoms with E-state index in [1.165, 1.54) is 0 Å². The number of benzene rings is 1. The van der Waals surface area contributed by atoms with Gasteiger partial charge in [0, 0.05) is 25.2 Å². The lowest BCUT2D eigenvalue weighted by Gasteiger charge is -2.39. The second kappa shape index (κ2) is 7.63. The molecule has 1 amide bonds. The predicted molar refractivity (Wildman–Crippen MR) is 88.9 cm³/mol. The van der Waals surface area contributed by atoms with Crippen molar-refractivity contribution in [1.82, 2.24) is 9.80 Å². The van der Waals surface area contributed by atoms with Gasteiger partial charge in [-0.2, -0.15) is 0 Å². The number of piperidine rings is 1. The molecule has 1 aromatic carbocycles. The van der Waals surface area contributed by atoms with Gasteiger partial charge < -0.3 is 14.5 Å². The van der Waals surface area contributed by atoms with E-state index < -0.39 is 0 Å². The molecular formula is C18H28N2O2. The smallest absolute Gasteiger partial charge is 0.210 e. The van der Waals surface area contributed by atoms with Gasteiger partial charge in [0.05, 0.1) is 6.10 Å². The van der Waals surface area contributed by atoms with Gasteiger partial charge in [0.2, 0.25) is 6.41 Å². The van der Waals surface area contributed by atoms with E-state index in [1.807, 2.05) is 43.0 Å². The zero-order chi connectivity index (χ0) is 16.1. The first-order valence-corrected chi connectivity index (χ1v) is 8.16. The molecule has 2 rings (SSSR count). The van der Waals surface area contributed by atoms with Gasteiger partial charge >= 0.3 is 0 Å². The Labute approximate surface area is 134 Å². The number of hydrogen-bond donors (Lipinski definition) is 0. The number of amides is 1. The summed E-state index contributed by atoms with van der Waals surface area (Å²) in [7, 11) is 2.15. The molecule has 0 aromatic heterocycles. The third-order valence-electron chi connectivity index (χ3n) is 4.45. The lowest BCUT2D eigenvalue weighted by Crippen LogP contribution is -2.46. The van der Waals surface area contributed by atoms with Crippen LogP contribution in [-0.4, -0.2) is 48.0 Å². The third-order valence-corrected chi connectivity index (χ3v) is 4.45. The molecule has 2 unspecified atom stereocenters. The quantitative estimate of drug-likeness (QED) is 0.758. The lowest BCUT2D eigenvalue weighted by atomic mass is 9.97. The monoisotopic (exact) mass is 304 g/mol. The summed E-state index contributed by atoms with van der Waals surface area (Å²) in [4.78, 5) is 15.8. The fourth-order valence-electron chi connectivity index (χ4n) is 2.97. The normalized spacial score (nSPS) is 22.6. The Bertz CT molecular complexity index is 472. The fraction of sp³-hybridized carbons (Fsp3) is 0.611. The molecule has 1 aromatic rings. The zero-order valence-corrected chi connectivity index (χ0v) is 14.2. The highest BCUT2D eigenvalue weighted by Crippen LogP contribution is 2.22. The molecule has 4 nitrogen and oxygen atoms in total. The maximum Gasteiger partial charge on any atom is 0.210 e. The van der Waals surface area contributed by atoms with Crippen LogP contribution >= 0.6 is 0 Å². The summed E-state index contributed by atoms with van der Waals surface area (Å²) in [6.45, 7) is 7.99. The Hall–Kier alpha value is -1.55. The molecular weight excluding hydrogens is 276 g/mol. The third kappa shape index (κ3) is 4.47. The van der Waals surface area contributed by atoms with E-state index in [2.05, 4.69) is 18.9 Å². The van der Waals surface area contributed by atoms with Crippen LogP contribution in [0.15, 0.2) is 24.3 Å². The van der Waals surface area contributed by atoms with Gasteiger partial charge in [0.1, 0.15) is 5.75 Å². The van der Waals surface area contributed by atoms with Crippen molar-refractivity contribution >= 4 is 6.41 Å². The van der Waals surface area contributed by atoms with Crippen LogP contribution in [0.1, 0.15) is 39.2 Å². The van der Waals surface area contributed by atoms with Gasteiger partial charge in [0.15, 0.2) is 0 Å². The van der Waals surface area contributed by atoms with Crippen LogP contribution < -0.4 is 4.74 Å². The van der Waals surface area contributed by atoms with Crippen molar-refractivity contribution in [2.24, 2.45) is 0 Å². The van der Waals surface area contributed by atoms with Gasteiger partial charge in [-0.05, 0) is 58.4 Å². The molecule has 1 saturated heterocycles. The minimum absolute atomic E-state index is 0.179. The van der Waals surface area contributed by atoms with E-state index in [4.69, 9.17) is 4.74 Å². The zero-order valence-electron chi connectivity index (χ0n) is 14.2. The summed E-state index contributed by atoms with van der Waals surface area (Å²) >= 11 is 0. The van der Waals surface area contributed by atoms with Crippen LogP contribution in [0.25, 0.3) is 0 Å². The fourth-order valence-corrected chi connectivity index (χ4v) is 2.97. The van der Waals surface area contributed by atoms with Gasteiger partial charge in [-0.15, -0.1) is 0 Å². The average molecular weight is 304 g/mol. The Morgan fingerprint density at radius 3 is 2.59 bits per heavy atom. The van der Waals surface area contributed by atoms with Crippen LogP contribution in [0.3, 0.4) is 0 Å². The largest absolute Gasteiger partial charge is 0.491 e. The molecule has 0 spiro atoms. The summed E-state index contributed by atoms with van der Waals surface area (Å²) < 4.78 is 5.65. The molecule has 1 aliphatic heterocycles. The maximum absolute atomic E-state index is 11.5. The molecule has 2 atom stereocenters. The van der Waals surface area contributed by atoms with Gasteiger partial charge in [-0.25, -0.2) is 0 Å². The molecule has 0 bridgehead atoms. The van der Waals surface area contributed by atoms with E-state index in [1.54, 1.807) is 0 Å². The number of nitrogens with zero attached hydrogens (tertiary/aromatic N) is 2. The molecule has 1 aliphatic rings. The highest BCUT2D eigenvalue weighted by molar-refractivity contribution is 5.48. The van der Waals surface area contributed by atoms with Crippen molar-refractivity contribution in [2.45, 2.75) is 58.3 Å². The Morgan fingerprint density at radius 1 is 1.36 bits per heavy atom. The minimum atomic E-state index is 0.179. The Morgan fingerprint density at radius 2 is 2.05 bits per heavy atom. The molecule has 4 heteroatoms. The summed E-state index contributed by atoms with van der Waals surface area (Å²) in [6, 6.07) is 8.93. The number of likely N-dealkylation sites (tertiary alicyclic amines) is 1. The highest BCUT2D eigenvalue weighted by Gasteiger charge is 2.26. The van der Waals surface area contributed by atoms with Gasteiger partial charge in [-0.3, -0.25) is 4.79 Å². The first-order valence-electron chi connectivity index (χ1n) is 8.16. The number of carbonyl (C=O) groups excluding carboxylic acids is 1. The van der Waals surface area contributed by atoms with Crippen molar-refractivity contribution in [3.63, 3.8) is 0 Å². The molecule has 0 saturated carbocycles. The summed E-state index contributed by atoms with van der Waals surface area (Å²) in [5.41, 5.74) is 1.15. The molecule has 0 aliphatic carbocycles. The van der Waals surface area contributed by atoms with E-state index >= 15 is 0 Å². The summed E-state index contributed by atoms with van der Waals surface area (Å²) in [6.07, 6.45) is 3.28. The molecule has 1 fully saturated rings. The first-order chi connectivity index (χ1) is 10.5. The predicted octanol–water partition coefficient (Wildman–Crippen LogP) is 2.91. The van der Waals surface area contributed by atoms with Crippen molar-refractivity contribution in [2.75, 3.05) is 13.6 Å². The lowest BCUT2D eigenvalue weighted by molar-refractivity contribution is -0.122. The van der Waals surface area contributed by atoms with E-state index in [-0.39, 0.29) is 6.10 Å². The highest BCUT2D eigenvalue weighted by atomic mass is 16.5. The number of hydrogen-bond acceptors (Lipinski definition) is 3. The molecule has 1 heterocycles. The number of rotatable bonds is 6. The summed E-state index contributed by atoms with van der Waals surface area (Å²) in [5.74, 6) is 0.879. The van der Waals surface area contributed by atoms with Gasteiger partial charge in [0.25, 0.3) is 0 Å². The maximum atomic E-state index is 11.5. The van der Waals surface area contributed by atoms with Crippen molar-refractivity contribution in [3.8, 4) is 5.75 Å². The Kier molecular flexibility index (Phi) is 5.83. The van der Waals surface area contributed by atoms with Crippen molar-refractivity contribution in [1.29, 1.82) is 0 Å². The van der Waals surface area contributed by atoms with E-state index in [9.17, 15) is 4.79 Å². The second-order valence-electron chi connectivity index (χ2n) is 6.60. The molecule has 22 heavy (non-hydrogen) atoms. The van der Waals surface area contributed by atoms with Crippen LogP contribution in [-0.2, 0) is 11.3 Å². The molecule has 0 N–H and O–H groups in total. The topological polar surface area (TPSA) is 32.8 Å². The molecule has 122 valence electrons. The van der Waals surface area contributed by atoms with Crippen LogP contribution in [0.4, 0.5) is 0 Å². The van der Waals surface area contributed by atoms with E-state index in [0.717, 1.165) is 37.1 Å². The summed E-state index contributed by atoms with van der Waals surface area (Å²) in [5, 5.41) is 0. The van der Waals surface area contributed by atoms with Crippen LogP contribution in [0.2, 0.25) is 0 Å². The first kappa shape index (κ1) is 16.8. The average Bonchev–Trinajstić information content (AvgIpc) is 2.49. The van der Waals surface area contributed by atoms with Crippen LogP contribution in [0.5, 0.6) is 5.75 Å².